The fourth-order valence-electron chi connectivity index (χ4n) is 2.36. The van der Waals surface area contributed by atoms with Gasteiger partial charge >= 0.3 is 5.97 Å². The maximum atomic E-state index is 12.3. The lowest BCUT2D eigenvalue weighted by Gasteiger charge is -2.15. The van der Waals surface area contributed by atoms with Crippen LogP contribution in [-0.2, 0) is 19.4 Å². The highest BCUT2D eigenvalue weighted by Gasteiger charge is 2.22. The van der Waals surface area contributed by atoms with Gasteiger partial charge in [0, 0.05) is 11.9 Å². The van der Waals surface area contributed by atoms with Crippen molar-refractivity contribution < 1.29 is 22.7 Å². The predicted octanol–water partition coefficient (Wildman–Crippen LogP) is 3.54. The number of sulfone groups is 1. The monoisotopic (exact) mass is 409 g/mol. The molecule has 0 unspecified atom stereocenters. The second kappa shape index (κ2) is 8.10. The summed E-state index contributed by atoms with van der Waals surface area (Å²) < 4.78 is 28.5. The Kier molecular flexibility index (Phi) is 6.28. The molecule has 0 heterocycles. The van der Waals surface area contributed by atoms with Gasteiger partial charge in [0.2, 0.25) is 0 Å². The van der Waals surface area contributed by atoms with E-state index >= 15 is 0 Å². The van der Waals surface area contributed by atoms with E-state index in [0.717, 1.165) is 23.4 Å². The van der Waals surface area contributed by atoms with E-state index in [2.05, 4.69) is 5.32 Å². The molecule has 8 heteroatoms. The largest absolute Gasteiger partial charge is 0.449 e. The van der Waals surface area contributed by atoms with Crippen LogP contribution in [0.2, 0.25) is 5.02 Å². The lowest BCUT2D eigenvalue weighted by atomic mass is 10.1. The predicted molar refractivity (Wildman–Crippen MR) is 104 cm³/mol. The molecule has 0 saturated carbocycles. The number of carbonyl (C=O) groups excluding carboxylic acids is 2. The molecule has 0 bridgehead atoms. The minimum absolute atomic E-state index is 0.0365. The van der Waals surface area contributed by atoms with Crippen LogP contribution in [-0.4, -0.2) is 32.7 Å². The Hall–Kier alpha value is -2.38. The summed E-state index contributed by atoms with van der Waals surface area (Å²) in [5, 5.41) is 2.74. The SMILES string of the molecule is Cc1ccc(NC(=O)[C@@H](C)OC(=O)c2cc(S(C)(=O)=O)ccc2Cl)c(C)c1. The number of nitrogens with one attached hydrogen (secondary N) is 1. The summed E-state index contributed by atoms with van der Waals surface area (Å²) in [7, 11) is -3.52. The van der Waals surface area contributed by atoms with Gasteiger partial charge in [-0.25, -0.2) is 13.2 Å². The van der Waals surface area contributed by atoms with E-state index in [0.29, 0.717) is 5.69 Å². The van der Waals surface area contributed by atoms with Gasteiger partial charge in [0.15, 0.2) is 15.9 Å². The number of aryl methyl sites for hydroxylation is 2. The first-order chi connectivity index (χ1) is 12.5. The molecule has 1 amide bonds. The average molecular weight is 410 g/mol. The first-order valence-electron chi connectivity index (χ1n) is 8.07. The van der Waals surface area contributed by atoms with E-state index in [-0.39, 0.29) is 15.5 Å². The third kappa shape index (κ3) is 5.30. The molecule has 0 spiro atoms. The second-order valence-electron chi connectivity index (χ2n) is 6.27. The van der Waals surface area contributed by atoms with Crippen LogP contribution in [0.15, 0.2) is 41.3 Å². The summed E-state index contributed by atoms with van der Waals surface area (Å²) >= 11 is 5.97. The van der Waals surface area contributed by atoms with Crippen molar-refractivity contribution in [3.05, 3.63) is 58.1 Å². The summed E-state index contributed by atoms with van der Waals surface area (Å²) in [4.78, 5) is 24.6. The topological polar surface area (TPSA) is 89.5 Å². The average Bonchev–Trinajstić information content (AvgIpc) is 2.56. The Balaban J connectivity index is 2.14. The summed E-state index contributed by atoms with van der Waals surface area (Å²) in [6, 6.07) is 9.27. The number of halogens is 1. The third-order valence-corrected chi connectivity index (χ3v) is 5.32. The molecule has 0 saturated heterocycles. The molecule has 2 aromatic carbocycles. The number of benzene rings is 2. The van der Waals surface area contributed by atoms with Crippen LogP contribution in [0.1, 0.15) is 28.4 Å². The van der Waals surface area contributed by atoms with Crippen molar-refractivity contribution in [2.24, 2.45) is 0 Å². The number of anilines is 1. The lowest BCUT2D eigenvalue weighted by Crippen LogP contribution is -2.30. The van der Waals surface area contributed by atoms with E-state index < -0.39 is 27.8 Å². The van der Waals surface area contributed by atoms with Crippen molar-refractivity contribution in [3.63, 3.8) is 0 Å². The molecule has 0 aliphatic rings. The van der Waals surface area contributed by atoms with Crippen LogP contribution >= 0.6 is 11.6 Å². The van der Waals surface area contributed by atoms with Crippen LogP contribution in [0, 0.1) is 13.8 Å². The van der Waals surface area contributed by atoms with Crippen LogP contribution in [0.5, 0.6) is 0 Å². The second-order valence-corrected chi connectivity index (χ2v) is 8.69. The van der Waals surface area contributed by atoms with Gasteiger partial charge in [-0.15, -0.1) is 0 Å². The Labute approximate surface area is 163 Å². The number of hydrogen-bond donors (Lipinski definition) is 1. The third-order valence-electron chi connectivity index (χ3n) is 3.88. The highest BCUT2D eigenvalue weighted by molar-refractivity contribution is 7.90. The van der Waals surface area contributed by atoms with Gasteiger partial charge in [-0.1, -0.05) is 29.3 Å². The summed E-state index contributed by atoms with van der Waals surface area (Å²) in [5.41, 5.74) is 2.44. The van der Waals surface area contributed by atoms with E-state index in [1.54, 1.807) is 6.07 Å². The molecule has 0 radical (unpaired) electrons. The van der Waals surface area contributed by atoms with Gasteiger partial charge in [0.25, 0.3) is 5.91 Å². The normalized spacial score (nSPS) is 12.3. The number of rotatable bonds is 5. The van der Waals surface area contributed by atoms with E-state index in [4.69, 9.17) is 16.3 Å². The smallest absolute Gasteiger partial charge is 0.340 e. The molecule has 1 N–H and O–H groups in total. The van der Waals surface area contributed by atoms with Crippen molar-refractivity contribution in [2.75, 3.05) is 11.6 Å². The maximum Gasteiger partial charge on any atom is 0.340 e. The molecule has 0 aromatic heterocycles. The Morgan fingerprint density at radius 1 is 1.11 bits per heavy atom. The number of carbonyl (C=O) groups is 2. The molecular formula is C19H20ClNO5S. The molecule has 2 rings (SSSR count). The van der Waals surface area contributed by atoms with Crippen molar-refractivity contribution in [2.45, 2.75) is 31.8 Å². The first-order valence-corrected chi connectivity index (χ1v) is 10.3. The molecular weight excluding hydrogens is 390 g/mol. The molecule has 27 heavy (non-hydrogen) atoms. The Morgan fingerprint density at radius 2 is 1.78 bits per heavy atom. The minimum Gasteiger partial charge on any atom is -0.449 e. The minimum atomic E-state index is -3.52. The number of esters is 1. The zero-order valence-corrected chi connectivity index (χ0v) is 16.9. The van der Waals surface area contributed by atoms with Crippen molar-refractivity contribution in [3.8, 4) is 0 Å². The molecule has 1 atom stereocenters. The zero-order chi connectivity index (χ0) is 20.4. The van der Waals surface area contributed by atoms with Gasteiger partial charge < -0.3 is 10.1 Å². The summed E-state index contributed by atoms with van der Waals surface area (Å²) in [5.74, 6) is -1.39. The van der Waals surface area contributed by atoms with E-state index in [1.807, 2.05) is 26.0 Å². The molecule has 0 aliphatic heterocycles. The molecule has 2 aromatic rings. The van der Waals surface area contributed by atoms with Crippen LogP contribution in [0.4, 0.5) is 5.69 Å². The Morgan fingerprint density at radius 3 is 2.37 bits per heavy atom. The van der Waals surface area contributed by atoms with Crippen LogP contribution in [0.3, 0.4) is 0 Å². The standard InChI is InChI=1S/C19H20ClNO5S/c1-11-5-8-17(12(2)9-11)21-18(22)13(3)26-19(23)15-10-14(27(4,24)25)6-7-16(15)20/h5-10,13H,1-4H3,(H,21,22)/t13-/m1/s1. The molecule has 0 aliphatic carbocycles. The van der Waals surface area contributed by atoms with Crippen LogP contribution in [0.25, 0.3) is 0 Å². The quantitative estimate of drug-likeness (QED) is 0.763. The Bertz CT molecular complexity index is 1000. The fraction of sp³-hybridized carbons (Fsp3) is 0.263. The van der Waals surface area contributed by atoms with Crippen molar-refractivity contribution in [1.29, 1.82) is 0 Å². The van der Waals surface area contributed by atoms with Gasteiger partial charge in [-0.2, -0.15) is 0 Å². The molecule has 0 fully saturated rings. The van der Waals surface area contributed by atoms with Gasteiger partial charge in [-0.3, -0.25) is 4.79 Å². The number of hydrogen-bond acceptors (Lipinski definition) is 5. The molecule has 144 valence electrons. The fourth-order valence-corrected chi connectivity index (χ4v) is 3.20. The summed E-state index contributed by atoms with van der Waals surface area (Å²) in [6.45, 7) is 5.22. The van der Waals surface area contributed by atoms with Gasteiger partial charge in [0.1, 0.15) is 0 Å². The van der Waals surface area contributed by atoms with Crippen molar-refractivity contribution in [1.82, 2.24) is 0 Å². The zero-order valence-electron chi connectivity index (χ0n) is 15.4. The van der Waals surface area contributed by atoms with Crippen molar-refractivity contribution >= 4 is 39.0 Å². The molecule has 6 nitrogen and oxygen atoms in total. The van der Waals surface area contributed by atoms with E-state index in [9.17, 15) is 18.0 Å². The van der Waals surface area contributed by atoms with E-state index in [1.165, 1.54) is 19.1 Å². The summed E-state index contributed by atoms with van der Waals surface area (Å²) in [6.07, 6.45) is -0.0816. The van der Waals surface area contributed by atoms with Crippen LogP contribution < -0.4 is 5.32 Å². The van der Waals surface area contributed by atoms with Gasteiger partial charge in [-0.05, 0) is 50.6 Å². The number of ether oxygens (including phenoxy) is 1. The van der Waals surface area contributed by atoms with Gasteiger partial charge in [0.05, 0.1) is 15.5 Å². The highest BCUT2D eigenvalue weighted by Crippen LogP contribution is 2.22. The number of amides is 1. The lowest BCUT2D eigenvalue weighted by molar-refractivity contribution is -0.123. The first kappa shape index (κ1) is 20.9. The maximum absolute atomic E-state index is 12.3. The highest BCUT2D eigenvalue weighted by atomic mass is 35.5.